The van der Waals surface area contributed by atoms with Crippen LogP contribution in [0.2, 0.25) is 0 Å². The predicted molar refractivity (Wildman–Crippen MR) is 73.7 cm³/mol. The third-order valence-corrected chi connectivity index (χ3v) is 2.55. The molecule has 0 unspecified atom stereocenters. The van der Waals surface area contributed by atoms with Crippen molar-refractivity contribution in [2.75, 3.05) is 25.1 Å². The van der Waals surface area contributed by atoms with Crippen LogP contribution in [0.15, 0.2) is 43.2 Å². The summed E-state index contributed by atoms with van der Waals surface area (Å²) < 4.78 is 5.43. The number of hydrogen-bond donors (Lipinski definition) is 1. The fourth-order valence-corrected chi connectivity index (χ4v) is 1.66. The number of rotatable bonds is 7. The molecule has 0 fully saturated rings. The van der Waals surface area contributed by atoms with Crippen LogP contribution < -0.4 is 5.32 Å². The maximum absolute atomic E-state index is 5.43. The minimum atomic E-state index is 0.659. The van der Waals surface area contributed by atoms with E-state index in [1.54, 1.807) is 6.33 Å². The minimum Gasteiger partial charge on any atom is -0.379 e. The van der Waals surface area contributed by atoms with Crippen molar-refractivity contribution in [2.24, 2.45) is 0 Å². The van der Waals surface area contributed by atoms with Gasteiger partial charge < -0.3 is 10.1 Å². The number of nitrogens with one attached hydrogen (secondary N) is 1. The summed E-state index contributed by atoms with van der Waals surface area (Å²) in [5, 5.41) is 4.30. The first-order valence-electron chi connectivity index (χ1n) is 6.04. The van der Waals surface area contributed by atoms with E-state index in [9.17, 15) is 0 Å². The maximum atomic E-state index is 5.43. The van der Waals surface area contributed by atoms with Crippen molar-refractivity contribution < 1.29 is 4.74 Å². The summed E-state index contributed by atoms with van der Waals surface area (Å²) in [4.78, 5) is 8.46. The quantitative estimate of drug-likeness (QED) is 0.600. The standard InChI is InChI=1S/C14H17N3O/c1-2-3-9-18-10-8-15-14-12-6-4-5-7-13(12)16-11-17-14/h2,4-7,11H,1,3,8-10H2,(H,15,16,17). The number of nitrogens with zero attached hydrogens (tertiary/aromatic N) is 2. The van der Waals surface area contributed by atoms with Gasteiger partial charge in [-0.25, -0.2) is 9.97 Å². The highest BCUT2D eigenvalue weighted by Crippen LogP contribution is 2.17. The Balaban J connectivity index is 1.89. The molecule has 0 aliphatic heterocycles. The number of aromatic nitrogens is 2. The molecule has 4 nitrogen and oxygen atoms in total. The lowest BCUT2D eigenvalue weighted by Crippen LogP contribution is -2.11. The molecule has 0 spiro atoms. The van der Waals surface area contributed by atoms with Gasteiger partial charge in [-0.05, 0) is 18.6 Å². The number of ether oxygens (including phenoxy) is 1. The number of fused-ring (bicyclic) bond motifs is 1. The molecular weight excluding hydrogens is 226 g/mol. The van der Waals surface area contributed by atoms with Gasteiger partial charge in [0.15, 0.2) is 0 Å². The van der Waals surface area contributed by atoms with Crippen LogP contribution in [0, 0.1) is 0 Å². The molecule has 4 heteroatoms. The second-order valence-corrected chi connectivity index (χ2v) is 3.86. The topological polar surface area (TPSA) is 47.0 Å². The lowest BCUT2D eigenvalue weighted by Gasteiger charge is -2.08. The van der Waals surface area contributed by atoms with Gasteiger partial charge in [-0.3, -0.25) is 0 Å². The van der Waals surface area contributed by atoms with Gasteiger partial charge in [0.05, 0.1) is 18.7 Å². The molecule has 0 aliphatic carbocycles. The highest BCUT2D eigenvalue weighted by molar-refractivity contribution is 5.88. The van der Waals surface area contributed by atoms with Gasteiger partial charge in [-0.15, -0.1) is 6.58 Å². The predicted octanol–water partition coefficient (Wildman–Crippen LogP) is 2.63. The van der Waals surface area contributed by atoms with E-state index < -0.39 is 0 Å². The summed E-state index contributed by atoms with van der Waals surface area (Å²) in [5.41, 5.74) is 0.947. The van der Waals surface area contributed by atoms with Gasteiger partial charge in [0, 0.05) is 11.9 Å². The smallest absolute Gasteiger partial charge is 0.137 e. The minimum absolute atomic E-state index is 0.659. The molecule has 1 heterocycles. The zero-order valence-electron chi connectivity index (χ0n) is 10.3. The summed E-state index contributed by atoms with van der Waals surface area (Å²) >= 11 is 0. The molecule has 1 N–H and O–H groups in total. The normalized spacial score (nSPS) is 10.4. The number of hydrogen-bond acceptors (Lipinski definition) is 4. The van der Waals surface area contributed by atoms with E-state index in [0.29, 0.717) is 6.61 Å². The second kappa shape index (κ2) is 6.71. The molecule has 0 atom stereocenters. The van der Waals surface area contributed by atoms with Crippen molar-refractivity contribution in [3.63, 3.8) is 0 Å². The zero-order chi connectivity index (χ0) is 12.6. The highest BCUT2D eigenvalue weighted by atomic mass is 16.5. The van der Waals surface area contributed by atoms with Crippen molar-refractivity contribution in [1.82, 2.24) is 9.97 Å². The van der Waals surface area contributed by atoms with Crippen molar-refractivity contribution >= 4 is 16.7 Å². The van der Waals surface area contributed by atoms with Gasteiger partial charge in [-0.1, -0.05) is 18.2 Å². The second-order valence-electron chi connectivity index (χ2n) is 3.86. The van der Waals surface area contributed by atoms with Gasteiger partial charge in [-0.2, -0.15) is 0 Å². The molecule has 0 radical (unpaired) electrons. The van der Waals surface area contributed by atoms with Crippen LogP contribution >= 0.6 is 0 Å². The van der Waals surface area contributed by atoms with E-state index in [-0.39, 0.29) is 0 Å². The molecule has 2 rings (SSSR count). The molecule has 0 aliphatic rings. The average molecular weight is 243 g/mol. The molecule has 0 amide bonds. The summed E-state index contributed by atoms with van der Waals surface area (Å²) in [6.45, 7) is 5.76. The monoisotopic (exact) mass is 243 g/mol. The fourth-order valence-electron chi connectivity index (χ4n) is 1.66. The van der Waals surface area contributed by atoms with Crippen LogP contribution in [0.3, 0.4) is 0 Å². The molecule has 1 aromatic carbocycles. The van der Waals surface area contributed by atoms with E-state index in [2.05, 4.69) is 21.9 Å². The molecular formula is C14H17N3O. The SMILES string of the molecule is C=CCCOCCNc1ncnc2ccccc12. The Morgan fingerprint density at radius 1 is 1.22 bits per heavy atom. The molecule has 1 aromatic heterocycles. The number of benzene rings is 1. The van der Waals surface area contributed by atoms with E-state index in [0.717, 1.165) is 36.3 Å². The Labute approximate surface area is 107 Å². The Morgan fingerprint density at radius 2 is 2.11 bits per heavy atom. The zero-order valence-corrected chi connectivity index (χ0v) is 10.3. The van der Waals surface area contributed by atoms with Crippen molar-refractivity contribution in [2.45, 2.75) is 6.42 Å². The van der Waals surface area contributed by atoms with Crippen molar-refractivity contribution in [3.8, 4) is 0 Å². The van der Waals surface area contributed by atoms with E-state index in [4.69, 9.17) is 4.74 Å². The molecule has 0 saturated heterocycles. The first-order chi connectivity index (χ1) is 8.92. The van der Waals surface area contributed by atoms with Crippen molar-refractivity contribution in [1.29, 1.82) is 0 Å². The molecule has 2 aromatic rings. The van der Waals surface area contributed by atoms with Crippen molar-refractivity contribution in [3.05, 3.63) is 43.2 Å². The van der Waals surface area contributed by atoms with E-state index in [1.165, 1.54) is 0 Å². The first kappa shape index (κ1) is 12.5. The Bertz CT molecular complexity index is 508. The Kier molecular flexibility index (Phi) is 4.67. The first-order valence-corrected chi connectivity index (χ1v) is 6.04. The Morgan fingerprint density at radius 3 is 3.00 bits per heavy atom. The van der Waals surface area contributed by atoms with Crippen LogP contribution in [0.5, 0.6) is 0 Å². The maximum Gasteiger partial charge on any atom is 0.137 e. The number of anilines is 1. The van der Waals surface area contributed by atoms with Crippen LogP contribution in [0.4, 0.5) is 5.82 Å². The molecule has 18 heavy (non-hydrogen) atoms. The summed E-state index contributed by atoms with van der Waals surface area (Å²) in [6.07, 6.45) is 4.31. The summed E-state index contributed by atoms with van der Waals surface area (Å²) in [7, 11) is 0. The van der Waals surface area contributed by atoms with Crippen LogP contribution in [0.1, 0.15) is 6.42 Å². The fraction of sp³-hybridized carbons (Fsp3) is 0.286. The van der Waals surface area contributed by atoms with Crippen LogP contribution in [-0.4, -0.2) is 29.7 Å². The largest absolute Gasteiger partial charge is 0.379 e. The summed E-state index contributed by atoms with van der Waals surface area (Å²) in [5.74, 6) is 0.855. The highest BCUT2D eigenvalue weighted by Gasteiger charge is 2.01. The molecule has 0 saturated carbocycles. The molecule has 0 bridgehead atoms. The van der Waals surface area contributed by atoms with E-state index >= 15 is 0 Å². The van der Waals surface area contributed by atoms with Gasteiger partial charge in [0.25, 0.3) is 0 Å². The third-order valence-electron chi connectivity index (χ3n) is 2.55. The van der Waals surface area contributed by atoms with Crippen LogP contribution in [-0.2, 0) is 4.74 Å². The lowest BCUT2D eigenvalue weighted by molar-refractivity contribution is 0.149. The Hall–Kier alpha value is -1.94. The third kappa shape index (κ3) is 3.28. The summed E-state index contributed by atoms with van der Waals surface area (Å²) in [6, 6.07) is 7.94. The van der Waals surface area contributed by atoms with Crippen LogP contribution in [0.25, 0.3) is 10.9 Å². The average Bonchev–Trinajstić information content (AvgIpc) is 2.43. The van der Waals surface area contributed by atoms with Gasteiger partial charge in [0.2, 0.25) is 0 Å². The van der Waals surface area contributed by atoms with Gasteiger partial charge >= 0.3 is 0 Å². The van der Waals surface area contributed by atoms with Gasteiger partial charge in [0.1, 0.15) is 12.1 Å². The molecule has 94 valence electrons. The lowest BCUT2D eigenvalue weighted by atomic mass is 10.2. The number of para-hydroxylation sites is 1. The van der Waals surface area contributed by atoms with E-state index in [1.807, 2.05) is 30.3 Å².